The third kappa shape index (κ3) is 53.0. The zero-order chi connectivity index (χ0) is 47.2. The second-order valence-corrected chi connectivity index (χ2v) is 19.9. The minimum absolute atomic E-state index is 0.0650. The molecule has 0 radical (unpaired) electrons. The Kier molecular flexibility index (Phi) is 53.2. The second-order valence-electron chi connectivity index (χ2n) is 19.9. The van der Waals surface area contributed by atoms with Crippen molar-refractivity contribution >= 4 is 17.9 Å². The number of esters is 3. The Morgan fingerprint density at radius 3 is 0.769 bits per heavy atom. The van der Waals surface area contributed by atoms with E-state index < -0.39 is 6.10 Å². The summed E-state index contributed by atoms with van der Waals surface area (Å²) in [5.41, 5.74) is 0. The van der Waals surface area contributed by atoms with E-state index in [1.807, 2.05) is 0 Å². The lowest BCUT2D eigenvalue weighted by molar-refractivity contribution is -0.167. The Balaban J connectivity index is 3.77. The Morgan fingerprint density at radius 1 is 0.292 bits per heavy atom. The highest BCUT2D eigenvalue weighted by atomic mass is 16.6. The molecule has 1 unspecified atom stereocenters. The predicted octanol–water partition coefficient (Wildman–Crippen LogP) is 19.3. The Morgan fingerprint density at radius 2 is 0.508 bits per heavy atom. The maximum atomic E-state index is 12.6. The molecule has 6 nitrogen and oxygen atoms in total. The van der Waals surface area contributed by atoms with Gasteiger partial charge in [0.1, 0.15) is 13.2 Å². The van der Waals surface area contributed by atoms with Crippen molar-refractivity contribution in [2.45, 2.75) is 335 Å². The lowest BCUT2D eigenvalue weighted by Crippen LogP contribution is -2.30. The SMILES string of the molecule is CCCCCCCCCC/C=C\CCCCCCCCCCCCCCCCCCCCCCCC(=O)OCC(COC(=O)CCCCCCC)OC(=O)CCCCCCCCCCC. The van der Waals surface area contributed by atoms with Crippen molar-refractivity contribution in [3.05, 3.63) is 12.2 Å². The molecule has 0 aromatic heterocycles. The first-order chi connectivity index (χ1) is 32.0. The molecule has 0 aliphatic heterocycles. The highest BCUT2D eigenvalue weighted by Crippen LogP contribution is 2.17. The molecule has 0 bridgehead atoms. The van der Waals surface area contributed by atoms with Crippen molar-refractivity contribution in [2.75, 3.05) is 13.2 Å². The van der Waals surface area contributed by atoms with Crippen LogP contribution >= 0.6 is 0 Å². The van der Waals surface area contributed by atoms with Crippen molar-refractivity contribution < 1.29 is 28.6 Å². The smallest absolute Gasteiger partial charge is 0.306 e. The van der Waals surface area contributed by atoms with Crippen LogP contribution in [0.2, 0.25) is 0 Å². The van der Waals surface area contributed by atoms with Crippen LogP contribution in [0, 0.1) is 0 Å². The lowest BCUT2D eigenvalue weighted by Gasteiger charge is -2.18. The van der Waals surface area contributed by atoms with E-state index >= 15 is 0 Å². The van der Waals surface area contributed by atoms with Gasteiger partial charge in [-0.15, -0.1) is 0 Å². The lowest BCUT2D eigenvalue weighted by atomic mass is 10.0. The van der Waals surface area contributed by atoms with Gasteiger partial charge >= 0.3 is 17.9 Å². The van der Waals surface area contributed by atoms with E-state index in [-0.39, 0.29) is 31.1 Å². The summed E-state index contributed by atoms with van der Waals surface area (Å²) in [4.78, 5) is 37.5. The number of hydrogen-bond acceptors (Lipinski definition) is 6. The van der Waals surface area contributed by atoms with Gasteiger partial charge < -0.3 is 14.2 Å². The van der Waals surface area contributed by atoms with Crippen molar-refractivity contribution in [3.8, 4) is 0 Å². The van der Waals surface area contributed by atoms with E-state index in [1.165, 1.54) is 225 Å². The van der Waals surface area contributed by atoms with E-state index in [9.17, 15) is 14.4 Å². The number of carbonyl (C=O) groups excluding carboxylic acids is 3. The van der Waals surface area contributed by atoms with Gasteiger partial charge in [-0.2, -0.15) is 0 Å². The normalized spacial score (nSPS) is 12.0. The summed E-state index contributed by atoms with van der Waals surface area (Å²) in [6.07, 6.45) is 62.9. The highest BCUT2D eigenvalue weighted by Gasteiger charge is 2.19. The zero-order valence-electron chi connectivity index (χ0n) is 44.0. The fraction of sp³-hybridized carbons (Fsp3) is 0.915. The minimum atomic E-state index is -0.758. The number of rotatable bonds is 54. The van der Waals surface area contributed by atoms with E-state index in [0.717, 1.165) is 64.2 Å². The molecule has 0 aromatic rings. The third-order valence-electron chi connectivity index (χ3n) is 13.3. The molecule has 6 heteroatoms. The number of allylic oxidation sites excluding steroid dienone is 2. The fourth-order valence-electron chi connectivity index (χ4n) is 8.85. The van der Waals surface area contributed by atoms with Gasteiger partial charge in [-0.1, -0.05) is 277 Å². The van der Waals surface area contributed by atoms with E-state index in [4.69, 9.17) is 14.2 Å². The number of carbonyl (C=O) groups is 3. The summed E-state index contributed by atoms with van der Waals surface area (Å²) < 4.78 is 16.6. The largest absolute Gasteiger partial charge is 0.462 e. The maximum Gasteiger partial charge on any atom is 0.306 e. The first-order valence-electron chi connectivity index (χ1n) is 29.2. The third-order valence-corrected chi connectivity index (χ3v) is 13.3. The van der Waals surface area contributed by atoms with Crippen LogP contribution in [-0.2, 0) is 28.6 Å². The van der Waals surface area contributed by atoms with E-state index in [2.05, 4.69) is 32.9 Å². The van der Waals surface area contributed by atoms with Crippen LogP contribution < -0.4 is 0 Å². The van der Waals surface area contributed by atoms with Crippen molar-refractivity contribution in [3.63, 3.8) is 0 Å². The van der Waals surface area contributed by atoms with Crippen LogP contribution in [0.15, 0.2) is 12.2 Å². The van der Waals surface area contributed by atoms with Gasteiger partial charge in [0.2, 0.25) is 0 Å². The summed E-state index contributed by atoms with van der Waals surface area (Å²) in [6.45, 7) is 6.57. The maximum absolute atomic E-state index is 12.6. The summed E-state index contributed by atoms with van der Waals surface area (Å²) in [7, 11) is 0. The molecule has 384 valence electrons. The molecule has 0 saturated carbocycles. The molecule has 0 aliphatic rings. The monoisotopic (exact) mass is 917 g/mol. The van der Waals surface area contributed by atoms with Crippen molar-refractivity contribution in [1.29, 1.82) is 0 Å². The average Bonchev–Trinajstić information content (AvgIpc) is 3.30. The molecule has 0 saturated heterocycles. The second kappa shape index (κ2) is 54.8. The van der Waals surface area contributed by atoms with Crippen LogP contribution in [-0.4, -0.2) is 37.2 Å². The van der Waals surface area contributed by atoms with Crippen molar-refractivity contribution in [1.82, 2.24) is 0 Å². The van der Waals surface area contributed by atoms with Crippen LogP contribution in [0.25, 0.3) is 0 Å². The van der Waals surface area contributed by atoms with Gasteiger partial charge in [-0.25, -0.2) is 0 Å². The van der Waals surface area contributed by atoms with Crippen LogP contribution in [0.3, 0.4) is 0 Å². The molecule has 0 rings (SSSR count). The first kappa shape index (κ1) is 63.1. The summed E-state index contributed by atoms with van der Waals surface area (Å²) in [5, 5.41) is 0. The van der Waals surface area contributed by atoms with Crippen LogP contribution in [0.4, 0.5) is 0 Å². The standard InChI is InChI=1S/C59H112O6/c1-4-7-10-13-15-17-18-19-20-21-22-23-24-25-26-27-28-29-30-31-32-33-34-35-36-37-38-39-40-42-43-46-49-52-58(61)64-55-56(54-63-57(60)51-48-45-12-9-6-3)65-59(62)53-50-47-44-41-16-14-11-8-5-2/h21-22,56H,4-20,23-55H2,1-3H3/b22-21-. The molecule has 65 heavy (non-hydrogen) atoms. The summed E-state index contributed by atoms with van der Waals surface area (Å²) >= 11 is 0. The van der Waals surface area contributed by atoms with Crippen molar-refractivity contribution in [2.24, 2.45) is 0 Å². The van der Waals surface area contributed by atoms with Gasteiger partial charge in [0.25, 0.3) is 0 Å². The molecular weight excluding hydrogens is 805 g/mol. The molecule has 0 aliphatic carbocycles. The van der Waals surface area contributed by atoms with Gasteiger partial charge in [-0.3, -0.25) is 14.4 Å². The number of hydrogen-bond donors (Lipinski definition) is 0. The molecule has 1 atom stereocenters. The number of ether oxygens (including phenoxy) is 3. The molecule has 0 aromatic carbocycles. The van der Waals surface area contributed by atoms with Gasteiger partial charge in [0.15, 0.2) is 6.10 Å². The summed E-state index contributed by atoms with van der Waals surface area (Å²) in [6, 6.07) is 0. The molecule has 0 fully saturated rings. The molecule has 0 amide bonds. The predicted molar refractivity (Wildman–Crippen MR) is 280 cm³/mol. The molecule has 0 spiro atoms. The average molecular weight is 918 g/mol. The Bertz CT molecular complexity index is 1010. The topological polar surface area (TPSA) is 78.9 Å². The zero-order valence-corrected chi connectivity index (χ0v) is 44.0. The highest BCUT2D eigenvalue weighted by molar-refractivity contribution is 5.71. The van der Waals surface area contributed by atoms with Gasteiger partial charge in [0, 0.05) is 19.3 Å². The Hall–Kier alpha value is -1.85. The van der Waals surface area contributed by atoms with E-state index in [1.54, 1.807) is 0 Å². The van der Waals surface area contributed by atoms with Crippen LogP contribution in [0.1, 0.15) is 329 Å². The van der Waals surface area contributed by atoms with Gasteiger partial charge in [0.05, 0.1) is 0 Å². The van der Waals surface area contributed by atoms with Crippen LogP contribution in [0.5, 0.6) is 0 Å². The van der Waals surface area contributed by atoms with Gasteiger partial charge in [-0.05, 0) is 44.9 Å². The first-order valence-corrected chi connectivity index (χ1v) is 29.2. The molecule has 0 N–H and O–H groups in total. The molecule has 0 heterocycles. The molecular formula is C59H112O6. The number of unbranched alkanes of at least 4 members (excludes halogenated alkanes) is 41. The summed E-state index contributed by atoms with van der Waals surface area (Å²) in [5.74, 6) is -0.866. The van der Waals surface area contributed by atoms with E-state index in [0.29, 0.717) is 19.3 Å². The quantitative estimate of drug-likeness (QED) is 0.0262. The Labute approximate surface area is 405 Å². The minimum Gasteiger partial charge on any atom is -0.462 e. The fourth-order valence-corrected chi connectivity index (χ4v) is 8.85.